The second-order valence-electron chi connectivity index (χ2n) is 15.3. The Bertz CT molecular complexity index is 3200. The normalized spacial score (nSPS) is 12.9. The summed E-state index contributed by atoms with van der Waals surface area (Å²) >= 11 is 0. The Balaban J connectivity index is 0.953. The molecular weight excluding hydrogens is 701 g/mol. The zero-order chi connectivity index (χ0) is 38.4. The summed E-state index contributed by atoms with van der Waals surface area (Å²) in [6.07, 6.45) is 6.54. The SMILES string of the molecule is C1=C(c2ccc(-n3c4ccccc4c4cc5ccccc5cc43)cc2)CCC(N(c2ccc(-c3ccccc3)cc2)c2cccc(-c3ccc4ccccc4c3)c2)=C1. The van der Waals surface area contributed by atoms with Crippen molar-refractivity contribution in [3.8, 4) is 27.9 Å². The van der Waals surface area contributed by atoms with E-state index in [1.54, 1.807) is 0 Å². The second-order valence-corrected chi connectivity index (χ2v) is 15.3. The van der Waals surface area contributed by atoms with E-state index in [1.807, 2.05) is 0 Å². The lowest BCUT2D eigenvalue weighted by atomic mass is 9.94. The van der Waals surface area contributed by atoms with Crippen LogP contribution in [0.25, 0.3) is 76.9 Å². The molecule has 0 aliphatic heterocycles. The average molecular weight is 741 g/mol. The minimum Gasteiger partial charge on any atom is -0.314 e. The number of para-hydroxylation sites is 1. The molecule has 0 saturated carbocycles. The van der Waals surface area contributed by atoms with E-state index in [0.717, 1.165) is 24.2 Å². The summed E-state index contributed by atoms with van der Waals surface area (Å²) < 4.78 is 2.42. The van der Waals surface area contributed by atoms with Crippen molar-refractivity contribution in [3.63, 3.8) is 0 Å². The first-order valence-corrected chi connectivity index (χ1v) is 20.2. The van der Waals surface area contributed by atoms with E-state index >= 15 is 0 Å². The Morgan fingerprint density at radius 2 is 0.966 bits per heavy atom. The van der Waals surface area contributed by atoms with Crippen LogP contribution >= 0.6 is 0 Å². The molecule has 1 aromatic heterocycles. The molecule has 274 valence electrons. The van der Waals surface area contributed by atoms with Crippen molar-refractivity contribution < 1.29 is 0 Å². The van der Waals surface area contributed by atoms with Crippen molar-refractivity contribution in [1.82, 2.24) is 4.57 Å². The molecule has 0 fully saturated rings. The van der Waals surface area contributed by atoms with Gasteiger partial charge in [0, 0.05) is 33.5 Å². The van der Waals surface area contributed by atoms with Gasteiger partial charge in [-0.1, -0.05) is 152 Å². The van der Waals surface area contributed by atoms with Crippen molar-refractivity contribution in [1.29, 1.82) is 0 Å². The van der Waals surface area contributed by atoms with Crippen LogP contribution in [0.15, 0.2) is 224 Å². The highest BCUT2D eigenvalue weighted by Crippen LogP contribution is 2.40. The topological polar surface area (TPSA) is 8.17 Å². The van der Waals surface area contributed by atoms with Crippen molar-refractivity contribution in [3.05, 3.63) is 230 Å². The van der Waals surface area contributed by atoms with Gasteiger partial charge in [-0.15, -0.1) is 0 Å². The van der Waals surface area contributed by atoms with Crippen LogP contribution in [0.3, 0.4) is 0 Å². The summed E-state index contributed by atoms with van der Waals surface area (Å²) in [5, 5.41) is 7.60. The summed E-state index contributed by atoms with van der Waals surface area (Å²) in [6, 6.07) is 75.3. The lowest BCUT2D eigenvalue weighted by Gasteiger charge is -2.30. The van der Waals surface area contributed by atoms with E-state index < -0.39 is 0 Å². The number of fused-ring (bicyclic) bond motifs is 5. The molecule has 11 rings (SSSR count). The van der Waals surface area contributed by atoms with Gasteiger partial charge < -0.3 is 9.47 Å². The van der Waals surface area contributed by atoms with Crippen LogP contribution in [-0.2, 0) is 0 Å². The van der Waals surface area contributed by atoms with Gasteiger partial charge in [0.05, 0.1) is 11.0 Å². The third-order valence-electron chi connectivity index (χ3n) is 11.9. The zero-order valence-electron chi connectivity index (χ0n) is 32.1. The molecule has 0 amide bonds. The molecule has 0 radical (unpaired) electrons. The van der Waals surface area contributed by atoms with Crippen LogP contribution < -0.4 is 4.90 Å². The highest BCUT2D eigenvalue weighted by molar-refractivity contribution is 6.13. The van der Waals surface area contributed by atoms with Gasteiger partial charge in [-0.05, 0) is 135 Å². The number of benzene rings is 9. The number of hydrogen-bond donors (Lipinski definition) is 0. The fourth-order valence-corrected chi connectivity index (χ4v) is 8.92. The molecule has 0 N–H and O–H groups in total. The summed E-state index contributed by atoms with van der Waals surface area (Å²) in [6.45, 7) is 0. The van der Waals surface area contributed by atoms with Gasteiger partial charge in [0.1, 0.15) is 0 Å². The third kappa shape index (κ3) is 6.07. The largest absolute Gasteiger partial charge is 0.314 e. The highest BCUT2D eigenvalue weighted by atomic mass is 15.1. The van der Waals surface area contributed by atoms with E-state index in [0.29, 0.717) is 0 Å². The van der Waals surface area contributed by atoms with Gasteiger partial charge >= 0.3 is 0 Å². The van der Waals surface area contributed by atoms with Gasteiger partial charge in [0.25, 0.3) is 0 Å². The van der Waals surface area contributed by atoms with Crippen molar-refractivity contribution in [2.75, 3.05) is 4.90 Å². The molecule has 0 spiro atoms. The zero-order valence-corrected chi connectivity index (χ0v) is 32.1. The maximum absolute atomic E-state index is 2.45. The third-order valence-corrected chi connectivity index (χ3v) is 11.9. The Labute approximate surface area is 338 Å². The van der Waals surface area contributed by atoms with E-state index in [2.05, 4.69) is 228 Å². The van der Waals surface area contributed by atoms with Crippen LogP contribution in [0.5, 0.6) is 0 Å². The second kappa shape index (κ2) is 14.3. The lowest BCUT2D eigenvalue weighted by molar-refractivity contribution is 0.930. The minimum absolute atomic E-state index is 0.925. The molecule has 1 aliphatic carbocycles. The average Bonchev–Trinajstić information content (AvgIpc) is 3.62. The van der Waals surface area contributed by atoms with Crippen molar-refractivity contribution in [2.24, 2.45) is 0 Å². The van der Waals surface area contributed by atoms with Crippen molar-refractivity contribution >= 4 is 60.3 Å². The van der Waals surface area contributed by atoms with Crippen LogP contribution in [0.1, 0.15) is 18.4 Å². The number of anilines is 2. The molecule has 58 heavy (non-hydrogen) atoms. The summed E-state index contributed by atoms with van der Waals surface area (Å²) in [5.41, 5.74) is 14.7. The molecule has 2 nitrogen and oxygen atoms in total. The number of allylic oxidation sites excluding steroid dienone is 4. The molecule has 0 unspecified atom stereocenters. The molecule has 9 aromatic carbocycles. The first-order valence-electron chi connectivity index (χ1n) is 20.2. The van der Waals surface area contributed by atoms with Gasteiger partial charge in [-0.3, -0.25) is 0 Å². The Kier molecular flexibility index (Phi) is 8.33. The molecule has 10 aromatic rings. The monoisotopic (exact) mass is 740 g/mol. The predicted octanol–water partition coefficient (Wildman–Crippen LogP) is 15.3. The van der Waals surface area contributed by atoms with Gasteiger partial charge in [0.2, 0.25) is 0 Å². The first-order chi connectivity index (χ1) is 28.7. The Morgan fingerprint density at radius 3 is 1.74 bits per heavy atom. The van der Waals surface area contributed by atoms with Crippen LogP contribution in [-0.4, -0.2) is 4.57 Å². The molecule has 0 saturated heterocycles. The van der Waals surface area contributed by atoms with Gasteiger partial charge in [0.15, 0.2) is 0 Å². The molecule has 0 bridgehead atoms. The Morgan fingerprint density at radius 1 is 0.345 bits per heavy atom. The standard InChI is InChI=1S/C56H40N2/c1-2-11-39(12-3-1)41-23-29-49(30-24-41)57(52-18-10-17-45(36-52)48-22-21-40-13-4-5-14-44(40)35-48)50-31-25-42(26-32-50)43-27-33-51(34-28-43)58-55-20-9-8-19-53(55)54-37-46-15-6-7-16-47(46)38-56(54)58/h1-25,27-31,33-38H,26,32H2. The molecule has 1 heterocycles. The van der Waals surface area contributed by atoms with Gasteiger partial charge in [-0.2, -0.15) is 0 Å². The molecule has 0 atom stereocenters. The molecular formula is C56H40N2. The number of aromatic nitrogens is 1. The predicted molar refractivity (Wildman–Crippen MR) is 247 cm³/mol. The quantitative estimate of drug-likeness (QED) is 0.158. The minimum atomic E-state index is 0.925. The van der Waals surface area contributed by atoms with E-state index in [9.17, 15) is 0 Å². The first kappa shape index (κ1) is 33.9. The summed E-state index contributed by atoms with van der Waals surface area (Å²) in [5.74, 6) is 0. The number of nitrogens with zero attached hydrogens (tertiary/aromatic N) is 2. The Hall–Kier alpha value is -7.42. The maximum atomic E-state index is 2.45. The molecule has 2 heteroatoms. The number of hydrogen-bond acceptors (Lipinski definition) is 1. The van der Waals surface area contributed by atoms with E-state index in [-0.39, 0.29) is 0 Å². The highest BCUT2D eigenvalue weighted by Gasteiger charge is 2.20. The van der Waals surface area contributed by atoms with Gasteiger partial charge in [-0.25, -0.2) is 0 Å². The van der Waals surface area contributed by atoms with E-state index in [4.69, 9.17) is 0 Å². The van der Waals surface area contributed by atoms with Crippen LogP contribution in [0.4, 0.5) is 11.4 Å². The molecule has 1 aliphatic rings. The van der Waals surface area contributed by atoms with Crippen LogP contribution in [0, 0.1) is 0 Å². The summed E-state index contributed by atoms with van der Waals surface area (Å²) in [7, 11) is 0. The van der Waals surface area contributed by atoms with E-state index in [1.165, 1.54) is 88.1 Å². The van der Waals surface area contributed by atoms with Crippen LogP contribution in [0.2, 0.25) is 0 Å². The number of rotatable bonds is 7. The lowest BCUT2D eigenvalue weighted by Crippen LogP contribution is -2.18. The fraction of sp³-hybridized carbons (Fsp3) is 0.0357. The fourth-order valence-electron chi connectivity index (χ4n) is 8.92. The smallest absolute Gasteiger partial charge is 0.0547 e. The van der Waals surface area contributed by atoms with Crippen molar-refractivity contribution in [2.45, 2.75) is 12.8 Å². The summed E-state index contributed by atoms with van der Waals surface area (Å²) in [4.78, 5) is 2.45. The maximum Gasteiger partial charge on any atom is 0.0547 e.